The largest absolute Gasteiger partial charge is 0.369 e. The van der Waals surface area contributed by atoms with Crippen LogP contribution < -0.4 is 4.90 Å². The van der Waals surface area contributed by atoms with Crippen LogP contribution in [-0.2, 0) is 10.0 Å². The van der Waals surface area contributed by atoms with Crippen LogP contribution in [0.4, 0.5) is 5.69 Å². The van der Waals surface area contributed by atoms with Crippen LogP contribution in [-0.4, -0.2) is 38.9 Å². The summed E-state index contributed by atoms with van der Waals surface area (Å²) in [4.78, 5) is 2.68. The van der Waals surface area contributed by atoms with Gasteiger partial charge in [0.2, 0.25) is 10.0 Å². The average molecular weight is 330 g/mol. The molecule has 0 saturated carbocycles. The molecule has 0 unspecified atom stereocenters. The molecule has 0 bridgehead atoms. The number of aryl methyl sites for hydroxylation is 2. The third kappa shape index (κ3) is 3.12. The summed E-state index contributed by atoms with van der Waals surface area (Å²) in [5.41, 5.74) is 3.22. The van der Waals surface area contributed by atoms with Crippen molar-refractivity contribution >= 4 is 15.7 Å². The Kier molecular flexibility index (Phi) is 4.41. The molecule has 1 fully saturated rings. The summed E-state index contributed by atoms with van der Waals surface area (Å²) < 4.78 is 27.3. The van der Waals surface area contributed by atoms with Gasteiger partial charge in [-0.15, -0.1) is 0 Å². The van der Waals surface area contributed by atoms with E-state index in [2.05, 4.69) is 24.0 Å². The van der Waals surface area contributed by atoms with Crippen LogP contribution in [0.15, 0.2) is 53.4 Å². The molecular formula is C18H22N2O2S. The van der Waals surface area contributed by atoms with E-state index in [4.69, 9.17) is 0 Å². The van der Waals surface area contributed by atoms with Crippen LogP contribution in [0, 0.1) is 13.8 Å². The van der Waals surface area contributed by atoms with Crippen LogP contribution in [0.3, 0.4) is 0 Å². The molecule has 1 aliphatic rings. The third-order valence-corrected chi connectivity index (χ3v) is 6.47. The van der Waals surface area contributed by atoms with Crippen LogP contribution in [0.2, 0.25) is 0 Å². The van der Waals surface area contributed by atoms with Crippen LogP contribution in [0.5, 0.6) is 0 Å². The summed E-state index contributed by atoms with van der Waals surface area (Å²) in [6.07, 6.45) is 0. The molecule has 2 aromatic rings. The molecule has 0 aromatic heterocycles. The molecular weight excluding hydrogens is 308 g/mol. The van der Waals surface area contributed by atoms with E-state index in [0.29, 0.717) is 18.0 Å². The van der Waals surface area contributed by atoms with Gasteiger partial charge in [0.1, 0.15) is 0 Å². The average Bonchev–Trinajstić information content (AvgIpc) is 2.56. The molecule has 0 aliphatic carbocycles. The summed E-state index contributed by atoms with van der Waals surface area (Å²) in [5.74, 6) is 0. The van der Waals surface area contributed by atoms with Gasteiger partial charge in [0.15, 0.2) is 0 Å². The van der Waals surface area contributed by atoms with Gasteiger partial charge < -0.3 is 4.90 Å². The highest BCUT2D eigenvalue weighted by molar-refractivity contribution is 7.89. The van der Waals surface area contributed by atoms with Gasteiger partial charge in [0.25, 0.3) is 0 Å². The summed E-state index contributed by atoms with van der Waals surface area (Å²) in [6, 6.07) is 15.4. The molecule has 5 heteroatoms. The molecule has 4 nitrogen and oxygen atoms in total. The van der Waals surface area contributed by atoms with Crippen molar-refractivity contribution in [2.45, 2.75) is 18.7 Å². The Hall–Kier alpha value is -1.85. The predicted molar refractivity (Wildman–Crippen MR) is 93.3 cm³/mol. The molecule has 1 saturated heterocycles. The normalized spacial score (nSPS) is 16.5. The summed E-state index contributed by atoms with van der Waals surface area (Å²) >= 11 is 0. The van der Waals surface area contributed by atoms with E-state index in [1.54, 1.807) is 16.4 Å². The van der Waals surface area contributed by atoms with Crippen molar-refractivity contribution in [3.8, 4) is 0 Å². The van der Waals surface area contributed by atoms with Gasteiger partial charge in [-0.1, -0.05) is 36.4 Å². The minimum atomic E-state index is -3.40. The first-order chi connectivity index (χ1) is 11.0. The lowest BCUT2D eigenvalue weighted by Gasteiger charge is -2.36. The van der Waals surface area contributed by atoms with E-state index in [1.165, 1.54) is 11.3 Å². The van der Waals surface area contributed by atoms with Gasteiger partial charge in [-0.05, 0) is 37.1 Å². The fraction of sp³-hybridized carbons (Fsp3) is 0.333. The van der Waals surface area contributed by atoms with Crippen molar-refractivity contribution in [3.63, 3.8) is 0 Å². The summed E-state index contributed by atoms with van der Waals surface area (Å²) in [5, 5.41) is 0. The number of benzene rings is 2. The lowest BCUT2D eigenvalue weighted by molar-refractivity contribution is 0.384. The maximum absolute atomic E-state index is 12.8. The first-order valence-corrected chi connectivity index (χ1v) is 9.30. The quantitative estimate of drug-likeness (QED) is 0.869. The molecule has 2 aromatic carbocycles. The standard InChI is InChI=1S/C18H22N2O2S/c1-15-7-3-5-9-17(15)19-11-13-20(14-12-19)23(21,22)18-10-6-4-8-16(18)2/h3-10H,11-14H2,1-2H3. The van der Waals surface area contributed by atoms with E-state index in [9.17, 15) is 8.42 Å². The molecule has 23 heavy (non-hydrogen) atoms. The predicted octanol–water partition coefficient (Wildman–Crippen LogP) is 2.81. The van der Waals surface area contributed by atoms with Crippen molar-refractivity contribution < 1.29 is 8.42 Å². The molecule has 0 radical (unpaired) electrons. The van der Waals surface area contributed by atoms with Gasteiger partial charge in [-0.2, -0.15) is 4.31 Å². The lowest BCUT2D eigenvalue weighted by atomic mass is 10.1. The van der Waals surface area contributed by atoms with Gasteiger partial charge in [-0.3, -0.25) is 0 Å². The smallest absolute Gasteiger partial charge is 0.243 e. The van der Waals surface area contributed by atoms with Crippen LogP contribution >= 0.6 is 0 Å². The molecule has 0 spiro atoms. The number of para-hydroxylation sites is 1. The fourth-order valence-electron chi connectivity index (χ4n) is 3.07. The SMILES string of the molecule is Cc1ccccc1N1CCN(S(=O)(=O)c2ccccc2C)CC1. The summed E-state index contributed by atoms with van der Waals surface area (Å²) in [7, 11) is -3.40. The van der Waals surface area contributed by atoms with Crippen LogP contribution in [0.1, 0.15) is 11.1 Å². The van der Waals surface area contributed by atoms with Crippen molar-refractivity contribution in [1.82, 2.24) is 4.31 Å². The highest BCUT2D eigenvalue weighted by Gasteiger charge is 2.29. The number of rotatable bonds is 3. The van der Waals surface area contributed by atoms with Gasteiger partial charge >= 0.3 is 0 Å². The number of sulfonamides is 1. The van der Waals surface area contributed by atoms with Crippen molar-refractivity contribution in [3.05, 3.63) is 59.7 Å². The van der Waals surface area contributed by atoms with E-state index < -0.39 is 10.0 Å². The zero-order valence-electron chi connectivity index (χ0n) is 13.6. The first kappa shape index (κ1) is 16.0. The molecule has 0 N–H and O–H groups in total. The second-order valence-electron chi connectivity index (χ2n) is 5.94. The van der Waals surface area contributed by atoms with E-state index in [-0.39, 0.29) is 0 Å². The van der Waals surface area contributed by atoms with Gasteiger partial charge in [-0.25, -0.2) is 8.42 Å². The Balaban J connectivity index is 1.77. The number of hydrogen-bond acceptors (Lipinski definition) is 3. The molecule has 1 aliphatic heterocycles. The van der Waals surface area contributed by atoms with Gasteiger partial charge in [0.05, 0.1) is 4.90 Å². The molecule has 1 heterocycles. The Morgan fingerprint density at radius 1 is 0.783 bits per heavy atom. The molecule has 122 valence electrons. The van der Waals surface area contributed by atoms with E-state index in [0.717, 1.165) is 18.7 Å². The minimum absolute atomic E-state index is 0.421. The zero-order chi connectivity index (χ0) is 16.4. The number of nitrogens with zero attached hydrogens (tertiary/aromatic N) is 2. The Labute approximate surface area is 138 Å². The van der Waals surface area contributed by atoms with Crippen molar-refractivity contribution in [2.75, 3.05) is 31.1 Å². The van der Waals surface area contributed by atoms with Crippen molar-refractivity contribution in [2.24, 2.45) is 0 Å². The minimum Gasteiger partial charge on any atom is -0.369 e. The highest BCUT2D eigenvalue weighted by atomic mass is 32.2. The lowest BCUT2D eigenvalue weighted by Crippen LogP contribution is -2.49. The number of piperazine rings is 1. The number of anilines is 1. The fourth-order valence-corrected chi connectivity index (χ4v) is 4.72. The highest BCUT2D eigenvalue weighted by Crippen LogP contribution is 2.24. The zero-order valence-corrected chi connectivity index (χ0v) is 14.4. The number of hydrogen-bond donors (Lipinski definition) is 0. The maximum Gasteiger partial charge on any atom is 0.243 e. The monoisotopic (exact) mass is 330 g/mol. The Morgan fingerprint density at radius 2 is 1.35 bits per heavy atom. The van der Waals surface area contributed by atoms with E-state index in [1.807, 2.05) is 31.2 Å². The Bertz CT molecular complexity index is 794. The topological polar surface area (TPSA) is 40.6 Å². The second-order valence-corrected chi connectivity index (χ2v) is 7.85. The first-order valence-electron chi connectivity index (χ1n) is 7.86. The molecule has 3 rings (SSSR count). The molecule has 0 atom stereocenters. The summed E-state index contributed by atoms with van der Waals surface area (Å²) in [6.45, 7) is 6.41. The third-order valence-electron chi connectivity index (χ3n) is 4.41. The van der Waals surface area contributed by atoms with E-state index >= 15 is 0 Å². The molecule has 0 amide bonds. The maximum atomic E-state index is 12.8. The van der Waals surface area contributed by atoms with Crippen molar-refractivity contribution in [1.29, 1.82) is 0 Å². The van der Waals surface area contributed by atoms with Gasteiger partial charge in [0, 0.05) is 31.9 Å². The van der Waals surface area contributed by atoms with Crippen LogP contribution in [0.25, 0.3) is 0 Å². The Morgan fingerprint density at radius 3 is 1.96 bits per heavy atom. The second kappa shape index (κ2) is 6.34.